The summed E-state index contributed by atoms with van der Waals surface area (Å²) >= 11 is 0. The third-order valence-corrected chi connectivity index (χ3v) is 5.57. The molecule has 0 N–H and O–H groups in total. The van der Waals surface area contributed by atoms with E-state index >= 15 is 0 Å². The van der Waals surface area contributed by atoms with Crippen LogP contribution in [0.1, 0.15) is 53.4 Å². The van der Waals surface area contributed by atoms with Gasteiger partial charge in [-0.1, -0.05) is 0 Å². The van der Waals surface area contributed by atoms with Crippen LogP contribution in [0.5, 0.6) is 0 Å². The van der Waals surface area contributed by atoms with E-state index < -0.39 is 5.60 Å². The van der Waals surface area contributed by atoms with Crippen molar-refractivity contribution in [3.8, 4) is 0 Å². The zero-order valence-electron chi connectivity index (χ0n) is 18.8. The van der Waals surface area contributed by atoms with Crippen LogP contribution in [-0.4, -0.2) is 90.7 Å². The lowest BCUT2D eigenvalue weighted by Gasteiger charge is -2.33. The maximum absolute atomic E-state index is 12.5. The number of likely N-dealkylation sites (tertiary alicyclic amines) is 2. The van der Waals surface area contributed by atoms with Crippen LogP contribution in [0.25, 0.3) is 0 Å². The average molecular weight is 412 g/mol. The fourth-order valence-electron chi connectivity index (χ4n) is 3.95. The standard InChI is InChI=1S/C21H37N3O5/c1-15(18(25)29-21(2,3)4)24-11-7-8-17(24)14-28-19(26)16-9-12-23(13-10-16)20(27)22(5)6/h15-17H,7-14H2,1-6H3/t15-,17-/m1/s1. The van der Waals surface area contributed by atoms with Crippen LogP contribution >= 0.6 is 0 Å². The molecule has 2 fully saturated rings. The number of esters is 2. The summed E-state index contributed by atoms with van der Waals surface area (Å²) < 4.78 is 11.1. The Hall–Kier alpha value is -1.83. The van der Waals surface area contributed by atoms with Crippen LogP contribution in [0.4, 0.5) is 4.79 Å². The van der Waals surface area contributed by atoms with Crippen molar-refractivity contribution in [1.29, 1.82) is 0 Å². The van der Waals surface area contributed by atoms with E-state index in [-0.39, 0.29) is 36.0 Å². The summed E-state index contributed by atoms with van der Waals surface area (Å²) in [5.74, 6) is -0.605. The van der Waals surface area contributed by atoms with E-state index in [2.05, 4.69) is 4.90 Å². The molecule has 2 atom stereocenters. The van der Waals surface area contributed by atoms with Gasteiger partial charge in [-0.05, 0) is 59.9 Å². The summed E-state index contributed by atoms with van der Waals surface area (Å²) in [6, 6.07) is -0.341. The molecule has 8 heteroatoms. The van der Waals surface area contributed by atoms with Crippen LogP contribution in [0.3, 0.4) is 0 Å². The second-order valence-electron chi connectivity index (χ2n) is 9.31. The minimum Gasteiger partial charge on any atom is -0.464 e. The highest BCUT2D eigenvalue weighted by molar-refractivity contribution is 5.76. The number of carbonyl (C=O) groups is 3. The number of hydrogen-bond donors (Lipinski definition) is 0. The lowest BCUT2D eigenvalue weighted by atomic mass is 9.97. The molecule has 2 heterocycles. The maximum Gasteiger partial charge on any atom is 0.323 e. The number of amides is 2. The number of ether oxygens (including phenoxy) is 2. The van der Waals surface area contributed by atoms with Crippen molar-refractivity contribution < 1.29 is 23.9 Å². The smallest absolute Gasteiger partial charge is 0.323 e. The molecule has 2 rings (SSSR count). The second-order valence-corrected chi connectivity index (χ2v) is 9.31. The van der Waals surface area contributed by atoms with E-state index in [9.17, 15) is 14.4 Å². The van der Waals surface area contributed by atoms with Crippen molar-refractivity contribution in [2.24, 2.45) is 5.92 Å². The SMILES string of the molecule is C[C@H](C(=O)OC(C)(C)C)N1CCC[C@@H]1COC(=O)C1CCN(C(=O)N(C)C)CC1. The molecule has 0 unspecified atom stereocenters. The number of rotatable bonds is 5. The number of piperidine rings is 1. The Morgan fingerprint density at radius 2 is 1.69 bits per heavy atom. The molecule has 2 amide bonds. The number of nitrogens with zero attached hydrogens (tertiary/aromatic N) is 3. The summed E-state index contributed by atoms with van der Waals surface area (Å²) in [6.07, 6.45) is 3.12. The van der Waals surface area contributed by atoms with Crippen molar-refractivity contribution in [3.05, 3.63) is 0 Å². The Kier molecular flexibility index (Phi) is 7.91. The minimum atomic E-state index is -0.518. The first-order chi connectivity index (χ1) is 13.5. The molecule has 2 aliphatic heterocycles. The van der Waals surface area contributed by atoms with Crippen LogP contribution in [0.2, 0.25) is 0 Å². The quantitative estimate of drug-likeness (QED) is 0.645. The zero-order valence-corrected chi connectivity index (χ0v) is 18.8. The molecule has 0 saturated carbocycles. The first-order valence-corrected chi connectivity index (χ1v) is 10.6. The molecule has 0 aromatic rings. The van der Waals surface area contributed by atoms with Gasteiger partial charge >= 0.3 is 18.0 Å². The number of urea groups is 1. The van der Waals surface area contributed by atoms with E-state index in [1.54, 1.807) is 23.9 Å². The highest BCUT2D eigenvalue weighted by atomic mass is 16.6. The lowest BCUT2D eigenvalue weighted by Crippen LogP contribution is -2.47. The Bertz CT molecular complexity index is 594. The molecule has 0 spiro atoms. The molecule has 166 valence electrons. The van der Waals surface area contributed by atoms with E-state index in [0.717, 1.165) is 19.4 Å². The Labute approximate surface area is 174 Å². The van der Waals surface area contributed by atoms with Gasteiger partial charge in [0.05, 0.1) is 5.92 Å². The van der Waals surface area contributed by atoms with Gasteiger partial charge in [0.25, 0.3) is 0 Å². The molecule has 8 nitrogen and oxygen atoms in total. The summed E-state index contributed by atoms with van der Waals surface area (Å²) in [6.45, 7) is 9.67. The molecule has 0 bridgehead atoms. The summed E-state index contributed by atoms with van der Waals surface area (Å²) in [4.78, 5) is 42.3. The normalized spacial score (nSPS) is 22.3. The van der Waals surface area contributed by atoms with Crippen molar-refractivity contribution >= 4 is 18.0 Å². The molecule has 0 radical (unpaired) electrons. The maximum atomic E-state index is 12.5. The Balaban J connectivity index is 1.80. The number of hydrogen-bond acceptors (Lipinski definition) is 6. The van der Waals surface area contributed by atoms with E-state index in [1.165, 1.54) is 0 Å². The van der Waals surface area contributed by atoms with Crippen molar-refractivity contribution in [2.75, 3.05) is 40.3 Å². The Morgan fingerprint density at radius 1 is 1.07 bits per heavy atom. The molecule has 2 saturated heterocycles. The lowest BCUT2D eigenvalue weighted by molar-refractivity contribution is -0.162. The predicted molar refractivity (Wildman–Crippen MR) is 109 cm³/mol. The van der Waals surface area contributed by atoms with Crippen LogP contribution < -0.4 is 0 Å². The van der Waals surface area contributed by atoms with Gasteiger partial charge in [0, 0.05) is 33.2 Å². The van der Waals surface area contributed by atoms with Gasteiger partial charge < -0.3 is 19.3 Å². The van der Waals surface area contributed by atoms with Crippen molar-refractivity contribution in [3.63, 3.8) is 0 Å². The first kappa shape index (κ1) is 23.4. The first-order valence-electron chi connectivity index (χ1n) is 10.6. The fraction of sp³-hybridized carbons (Fsp3) is 0.857. The van der Waals surface area contributed by atoms with E-state index in [1.807, 2.05) is 27.7 Å². The fourth-order valence-corrected chi connectivity index (χ4v) is 3.95. The third-order valence-electron chi connectivity index (χ3n) is 5.57. The molecule has 0 aromatic carbocycles. The molecule has 29 heavy (non-hydrogen) atoms. The molecular weight excluding hydrogens is 374 g/mol. The molecule has 0 aromatic heterocycles. The summed E-state index contributed by atoms with van der Waals surface area (Å²) in [5.41, 5.74) is -0.518. The van der Waals surface area contributed by atoms with Gasteiger partial charge in [0.2, 0.25) is 0 Å². The summed E-state index contributed by atoms with van der Waals surface area (Å²) in [7, 11) is 3.46. The molecular formula is C21H37N3O5. The molecule has 0 aliphatic carbocycles. The van der Waals surface area contributed by atoms with E-state index in [4.69, 9.17) is 9.47 Å². The number of carbonyl (C=O) groups excluding carboxylic acids is 3. The monoisotopic (exact) mass is 411 g/mol. The van der Waals surface area contributed by atoms with Crippen LogP contribution in [0.15, 0.2) is 0 Å². The van der Waals surface area contributed by atoms with Gasteiger partial charge in [-0.3, -0.25) is 14.5 Å². The van der Waals surface area contributed by atoms with Crippen molar-refractivity contribution in [2.45, 2.75) is 71.1 Å². The zero-order chi connectivity index (χ0) is 21.8. The van der Waals surface area contributed by atoms with Gasteiger partial charge in [0.1, 0.15) is 18.2 Å². The third kappa shape index (κ3) is 6.59. The summed E-state index contributed by atoms with van der Waals surface area (Å²) in [5, 5.41) is 0. The predicted octanol–water partition coefficient (Wildman–Crippen LogP) is 2.12. The highest BCUT2D eigenvalue weighted by Gasteiger charge is 2.36. The van der Waals surface area contributed by atoms with E-state index in [0.29, 0.717) is 32.5 Å². The van der Waals surface area contributed by atoms with Gasteiger partial charge in [-0.25, -0.2) is 4.79 Å². The highest BCUT2D eigenvalue weighted by Crippen LogP contribution is 2.24. The minimum absolute atomic E-state index is 0.0189. The van der Waals surface area contributed by atoms with Gasteiger partial charge in [0.15, 0.2) is 0 Å². The Morgan fingerprint density at radius 3 is 2.24 bits per heavy atom. The van der Waals surface area contributed by atoms with Gasteiger partial charge in [-0.2, -0.15) is 0 Å². The van der Waals surface area contributed by atoms with Crippen LogP contribution in [-0.2, 0) is 19.1 Å². The van der Waals surface area contributed by atoms with Gasteiger partial charge in [-0.15, -0.1) is 0 Å². The second kappa shape index (κ2) is 9.78. The van der Waals surface area contributed by atoms with Crippen LogP contribution in [0, 0.1) is 5.92 Å². The largest absolute Gasteiger partial charge is 0.464 e. The van der Waals surface area contributed by atoms with Crippen molar-refractivity contribution in [1.82, 2.24) is 14.7 Å². The molecule has 2 aliphatic rings. The topological polar surface area (TPSA) is 79.4 Å². The average Bonchev–Trinajstić information content (AvgIpc) is 3.12.